The van der Waals surface area contributed by atoms with Crippen LogP contribution in [0, 0.1) is 5.41 Å². The Bertz CT molecular complexity index is 1040. The predicted molar refractivity (Wildman–Crippen MR) is 110 cm³/mol. The van der Waals surface area contributed by atoms with Crippen LogP contribution in [-0.2, 0) is 22.9 Å². The van der Waals surface area contributed by atoms with Crippen LogP contribution in [0.3, 0.4) is 0 Å². The molecule has 28 heavy (non-hydrogen) atoms. The molecule has 2 heterocycles. The quantitative estimate of drug-likeness (QED) is 0.855. The number of nitrogens with zero attached hydrogens (tertiary/aromatic N) is 2. The fourth-order valence-electron chi connectivity index (χ4n) is 4.52. The van der Waals surface area contributed by atoms with Crippen molar-refractivity contribution in [2.45, 2.75) is 44.9 Å². The number of piperazine rings is 1. The molecular weight excluding hydrogens is 374 g/mol. The second-order valence-electron chi connectivity index (χ2n) is 8.99. The van der Waals surface area contributed by atoms with Gasteiger partial charge in [0, 0.05) is 54.8 Å². The molecule has 0 saturated carbocycles. The van der Waals surface area contributed by atoms with Crippen molar-refractivity contribution in [2.24, 2.45) is 5.41 Å². The molecule has 1 aromatic carbocycles. The van der Waals surface area contributed by atoms with E-state index in [0.29, 0.717) is 30.8 Å². The molecule has 1 aliphatic heterocycles. The number of nitrogens with one attached hydrogen (secondary N) is 1. The van der Waals surface area contributed by atoms with Crippen LogP contribution < -0.4 is 0 Å². The first kappa shape index (κ1) is 19.6. The first-order valence-electron chi connectivity index (χ1n) is 10.0. The van der Waals surface area contributed by atoms with E-state index in [1.165, 1.54) is 0 Å². The van der Waals surface area contributed by atoms with E-state index in [1.54, 1.807) is 10.4 Å². The highest BCUT2D eigenvalue weighted by Crippen LogP contribution is 2.39. The Kier molecular flexibility index (Phi) is 4.68. The number of aryl methyl sites for hydroxylation is 1. The summed E-state index contributed by atoms with van der Waals surface area (Å²) in [6.07, 6.45) is 1.93. The van der Waals surface area contributed by atoms with Gasteiger partial charge < -0.3 is 9.88 Å². The Labute approximate surface area is 166 Å². The third-order valence-electron chi connectivity index (χ3n) is 6.09. The minimum Gasteiger partial charge on any atom is -0.358 e. The predicted octanol–water partition coefficient (Wildman–Crippen LogP) is 2.82. The number of Topliss-reactive ketones (excluding diaryl/α,β-unsaturated/α-hetero) is 1. The maximum absolute atomic E-state index is 13.4. The van der Waals surface area contributed by atoms with Gasteiger partial charge in [0.05, 0.1) is 4.90 Å². The third-order valence-corrected chi connectivity index (χ3v) is 8.07. The van der Waals surface area contributed by atoms with Crippen molar-refractivity contribution in [2.75, 3.05) is 33.2 Å². The van der Waals surface area contributed by atoms with Gasteiger partial charge in [-0.2, -0.15) is 4.31 Å². The van der Waals surface area contributed by atoms with E-state index in [9.17, 15) is 13.2 Å². The number of carbonyl (C=O) groups excluding carboxylic acids is 1. The zero-order valence-electron chi connectivity index (χ0n) is 17.1. The van der Waals surface area contributed by atoms with Crippen LogP contribution in [0.25, 0.3) is 10.9 Å². The number of sulfonamides is 1. The average Bonchev–Trinajstić information content (AvgIpc) is 2.96. The Balaban J connectivity index is 1.84. The lowest BCUT2D eigenvalue weighted by atomic mass is 9.76. The second kappa shape index (κ2) is 6.68. The van der Waals surface area contributed by atoms with Gasteiger partial charge in [-0.15, -0.1) is 0 Å². The van der Waals surface area contributed by atoms with Crippen molar-refractivity contribution in [1.29, 1.82) is 0 Å². The monoisotopic (exact) mass is 403 g/mol. The molecule has 152 valence electrons. The molecule has 0 bridgehead atoms. The van der Waals surface area contributed by atoms with Gasteiger partial charge in [-0.05, 0) is 43.0 Å². The topological polar surface area (TPSA) is 73.5 Å². The first-order valence-corrected chi connectivity index (χ1v) is 11.5. The number of aromatic amines is 1. The van der Waals surface area contributed by atoms with Crippen LogP contribution in [0.4, 0.5) is 0 Å². The molecule has 1 N–H and O–H groups in total. The first-order chi connectivity index (χ1) is 13.1. The number of ketones is 1. The van der Waals surface area contributed by atoms with Crippen LogP contribution in [0.5, 0.6) is 0 Å². The maximum atomic E-state index is 13.4. The highest BCUT2D eigenvalue weighted by Gasteiger charge is 2.35. The number of carbonyl (C=O) groups is 1. The summed E-state index contributed by atoms with van der Waals surface area (Å²) in [6, 6.07) is 3.67. The number of benzene rings is 1. The van der Waals surface area contributed by atoms with E-state index in [0.717, 1.165) is 47.2 Å². The van der Waals surface area contributed by atoms with Gasteiger partial charge in [-0.3, -0.25) is 4.79 Å². The highest BCUT2D eigenvalue weighted by atomic mass is 32.2. The van der Waals surface area contributed by atoms with Crippen molar-refractivity contribution in [3.8, 4) is 0 Å². The lowest BCUT2D eigenvalue weighted by molar-refractivity contribution is 0.0913. The van der Waals surface area contributed by atoms with Gasteiger partial charge in [0.1, 0.15) is 0 Å². The minimum atomic E-state index is -3.56. The van der Waals surface area contributed by atoms with Crippen LogP contribution in [0.15, 0.2) is 17.0 Å². The zero-order valence-corrected chi connectivity index (χ0v) is 17.9. The number of likely N-dealkylation sites (N-methyl/N-ethyl adjacent to an activating group) is 1. The molecule has 6 nitrogen and oxygen atoms in total. The van der Waals surface area contributed by atoms with Gasteiger partial charge in [0.15, 0.2) is 5.78 Å². The molecule has 7 heteroatoms. The third kappa shape index (κ3) is 3.19. The fraction of sp³-hybridized carbons (Fsp3) is 0.571. The molecule has 0 spiro atoms. The maximum Gasteiger partial charge on any atom is 0.243 e. The lowest BCUT2D eigenvalue weighted by Crippen LogP contribution is -2.47. The molecule has 1 aliphatic carbocycles. The number of H-pyrrole nitrogens is 1. The fourth-order valence-corrected chi connectivity index (χ4v) is 6.25. The summed E-state index contributed by atoms with van der Waals surface area (Å²) in [7, 11) is -1.55. The molecule has 0 radical (unpaired) electrons. The standard InChI is InChI=1S/C21H29N3O3S/c1-5-14-10-15-16(22-17-12-21(2,3)13-18(25)20(15)17)11-19(14)28(26,27)24-8-6-23(4)7-9-24/h10-11,22H,5-9,12-13H2,1-4H3. The Morgan fingerprint density at radius 2 is 1.79 bits per heavy atom. The molecule has 1 saturated heterocycles. The Hall–Kier alpha value is -1.70. The van der Waals surface area contributed by atoms with Gasteiger partial charge in [-0.25, -0.2) is 8.42 Å². The highest BCUT2D eigenvalue weighted by molar-refractivity contribution is 7.89. The number of aromatic nitrogens is 1. The number of rotatable bonds is 3. The van der Waals surface area contributed by atoms with Gasteiger partial charge in [0.25, 0.3) is 0 Å². The van der Waals surface area contributed by atoms with E-state index in [-0.39, 0.29) is 11.2 Å². The summed E-state index contributed by atoms with van der Waals surface area (Å²) in [5, 5.41) is 0.865. The van der Waals surface area contributed by atoms with Crippen LogP contribution in [0.1, 0.15) is 48.8 Å². The Morgan fingerprint density at radius 3 is 2.43 bits per heavy atom. The van der Waals surface area contributed by atoms with E-state index < -0.39 is 10.0 Å². The molecule has 1 fully saturated rings. The second-order valence-corrected chi connectivity index (χ2v) is 10.9. The molecule has 4 rings (SSSR count). The summed E-state index contributed by atoms with van der Waals surface area (Å²) in [5.41, 5.74) is 3.15. The summed E-state index contributed by atoms with van der Waals surface area (Å²) in [4.78, 5) is 18.7. The van der Waals surface area contributed by atoms with Crippen molar-refractivity contribution < 1.29 is 13.2 Å². The van der Waals surface area contributed by atoms with Crippen molar-refractivity contribution in [3.05, 3.63) is 29.0 Å². The summed E-state index contributed by atoms with van der Waals surface area (Å²) >= 11 is 0. The van der Waals surface area contributed by atoms with Crippen molar-refractivity contribution >= 4 is 26.7 Å². The van der Waals surface area contributed by atoms with Gasteiger partial charge in [-0.1, -0.05) is 20.8 Å². The van der Waals surface area contributed by atoms with Gasteiger partial charge >= 0.3 is 0 Å². The molecule has 0 unspecified atom stereocenters. The molecule has 1 aromatic heterocycles. The van der Waals surface area contributed by atoms with Crippen LogP contribution in [0.2, 0.25) is 0 Å². The number of hydrogen-bond donors (Lipinski definition) is 1. The lowest BCUT2D eigenvalue weighted by Gasteiger charge is -2.32. The van der Waals surface area contributed by atoms with Crippen molar-refractivity contribution in [3.63, 3.8) is 0 Å². The number of hydrogen-bond acceptors (Lipinski definition) is 4. The summed E-state index contributed by atoms with van der Waals surface area (Å²) in [5.74, 6) is 0.147. The Morgan fingerprint density at radius 1 is 1.11 bits per heavy atom. The average molecular weight is 404 g/mol. The minimum absolute atomic E-state index is 0.0761. The van der Waals surface area contributed by atoms with Gasteiger partial charge in [0.2, 0.25) is 10.0 Å². The molecule has 0 atom stereocenters. The van der Waals surface area contributed by atoms with E-state index in [4.69, 9.17) is 0 Å². The van der Waals surface area contributed by atoms with Crippen molar-refractivity contribution in [1.82, 2.24) is 14.2 Å². The molecule has 2 aromatic rings. The smallest absolute Gasteiger partial charge is 0.243 e. The normalized spacial score (nSPS) is 21.2. The van der Waals surface area contributed by atoms with Crippen LogP contribution in [-0.4, -0.2) is 61.6 Å². The van der Waals surface area contributed by atoms with E-state index >= 15 is 0 Å². The SMILES string of the molecule is CCc1cc2c3c([nH]c2cc1S(=O)(=O)N1CCN(C)CC1)CC(C)(C)CC3=O. The largest absolute Gasteiger partial charge is 0.358 e. The summed E-state index contributed by atoms with van der Waals surface area (Å²) in [6.45, 7) is 8.66. The van der Waals surface area contributed by atoms with E-state index in [1.807, 2.05) is 20.0 Å². The number of fused-ring (bicyclic) bond motifs is 3. The van der Waals surface area contributed by atoms with Crippen LogP contribution >= 0.6 is 0 Å². The zero-order chi connectivity index (χ0) is 20.3. The molecule has 0 amide bonds. The molecule has 2 aliphatic rings. The molecular formula is C21H29N3O3S. The van der Waals surface area contributed by atoms with E-state index in [2.05, 4.69) is 23.7 Å². The summed E-state index contributed by atoms with van der Waals surface area (Å²) < 4.78 is 28.3.